The molecule has 2 rings (SSSR count). The summed E-state index contributed by atoms with van der Waals surface area (Å²) in [5.41, 5.74) is 0.895. The number of nitrogens with zero attached hydrogens (tertiary/aromatic N) is 1. The van der Waals surface area contributed by atoms with Gasteiger partial charge in [0, 0.05) is 6.20 Å². The van der Waals surface area contributed by atoms with Crippen molar-refractivity contribution < 1.29 is 19.1 Å². The van der Waals surface area contributed by atoms with Crippen LogP contribution in [0.15, 0.2) is 42.6 Å². The molecule has 0 saturated heterocycles. The lowest BCUT2D eigenvalue weighted by Gasteiger charge is -2.14. The topological polar surface area (TPSA) is 79.3 Å². The van der Waals surface area contributed by atoms with E-state index < -0.39 is 5.97 Å². The molecule has 108 valence electrons. The van der Waals surface area contributed by atoms with Gasteiger partial charge in [-0.2, -0.15) is 0 Å². The molecule has 1 unspecified atom stereocenters. The molecular formula is C15H13FN2O3. The number of aromatic carboxylic acids is 1. The largest absolute Gasteiger partial charge is 0.477 e. The Hall–Kier alpha value is -2.76. The number of benzene rings is 1. The minimum atomic E-state index is -1.15. The Labute approximate surface area is 120 Å². The first-order valence-electron chi connectivity index (χ1n) is 6.23. The van der Waals surface area contributed by atoms with Gasteiger partial charge in [-0.05, 0) is 36.8 Å². The number of halogens is 1. The van der Waals surface area contributed by atoms with E-state index in [9.17, 15) is 14.0 Å². The Balaban J connectivity index is 2.06. The second kappa shape index (κ2) is 6.13. The van der Waals surface area contributed by atoms with Crippen molar-refractivity contribution in [2.45, 2.75) is 13.0 Å². The third kappa shape index (κ3) is 3.62. The SMILES string of the molecule is CC(NC(=O)c1ccc(C(=O)O)nc1)c1ccc(F)cc1. The van der Waals surface area contributed by atoms with Crippen LogP contribution < -0.4 is 5.32 Å². The molecule has 21 heavy (non-hydrogen) atoms. The van der Waals surface area contributed by atoms with Gasteiger partial charge in [0.05, 0.1) is 11.6 Å². The highest BCUT2D eigenvalue weighted by Gasteiger charge is 2.13. The first-order chi connectivity index (χ1) is 9.97. The maximum Gasteiger partial charge on any atom is 0.354 e. The number of carboxylic acid groups (broad SMARTS) is 1. The van der Waals surface area contributed by atoms with Crippen LogP contribution in [0.3, 0.4) is 0 Å². The number of hydrogen-bond acceptors (Lipinski definition) is 3. The highest BCUT2D eigenvalue weighted by molar-refractivity contribution is 5.95. The molecule has 0 saturated carbocycles. The van der Waals surface area contributed by atoms with Crippen LogP contribution in [0.2, 0.25) is 0 Å². The molecule has 6 heteroatoms. The molecule has 1 aromatic carbocycles. The van der Waals surface area contributed by atoms with E-state index in [0.29, 0.717) is 0 Å². The van der Waals surface area contributed by atoms with E-state index in [1.165, 1.54) is 30.5 Å². The van der Waals surface area contributed by atoms with E-state index in [1.807, 2.05) is 0 Å². The van der Waals surface area contributed by atoms with Crippen LogP contribution >= 0.6 is 0 Å². The van der Waals surface area contributed by atoms with Crippen LogP contribution in [0.25, 0.3) is 0 Å². The van der Waals surface area contributed by atoms with Crippen molar-refractivity contribution in [2.75, 3.05) is 0 Å². The van der Waals surface area contributed by atoms with Crippen molar-refractivity contribution in [1.29, 1.82) is 0 Å². The number of nitrogens with one attached hydrogen (secondary N) is 1. The summed E-state index contributed by atoms with van der Waals surface area (Å²) in [6.45, 7) is 1.77. The summed E-state index contributed by atoms with van der Waals surface area (Å²) in [5, 5.41) is 11.5. The minimum Gasteiger partial charge on any atom is -0.477 e. The molecule has 0 spiro atoms. The van der Waals surface area contributed by atoms with E-state index in [-0.39, 0.29) is 29.0 Å². The predicted octanol–water partition coefficient (Wildman–Crippen LogP) is 2.41. The molecule has 1 aromatic heterocycles. The van der Waals surface area contributed by atoms with E-state index >= 15 is 0 Å². The first kappa shape index (κ1) is 14.6. The van der Waals surface area contributed by atoms with Crippen LogP contribution in [-0.2, 0) is 0 Å². The van der Waals surface area contributed by atoms with Crippen LogP contribution in [-0.4, -0.2) is 22.0 Å². The summed E-state index contributed by atoms with van der Waals surface area (Å²) in [6.07, 6.45) is 1.20. The molecule has 0 aliphatic heterocycles. The van der Waals surface area contributed by atoms with Crippen LogP contribution in [0.1, 0.15) is 39.4 Å². The lowest BCUT2D eigenvalue weighted by Crippen LogP contribution is -2.26. The lowest BCUT2D eigenvalue weighted by molar-refractivity contribution is 0.0689. The molecule has 2 N–H and O–H groups in total. The number of hydrogen-bond donors (Lipinski definition) is 2. The quantitative estimate of drug-likeness (QED) is 0.905. The van der Waals surface area contributed by atoms with E-state index in [0.717, 1.165) is 5.56 Å². The molecule has 5 nitrogen and oxygen atoms in total. The van der Waals surface area contributed by atoms with Crippen molar-refractivity contribution in [2.24, 2.45) is 0 Å². The third-order valence-corrected chi connectivity index (χ3v) is 2.96. The van der Waals surface area contributed by atoms with Crippen molar-refractivity contribution in [3.63, 3.8) is 0 Å². The summed E-state index contributed by atoms with van der Waals surface area (Å²) in [5.74, 6) is -1.87. The fourth-order valence-electron chi connectivity index (χ4n) is 1.77. The Morgan fingerprint density at radius 1 is 1.19 bits per heavy atom. The van der Waals surface area contributed by atoms with Crippen LogP contribution in [0.4, 0.5) is 4.39 Å². The zero-order valence-corrected chi connectivity index (χ0v) is 11.2. The highest BCUT2D eigenvalue weighted by atomic mass is 19.1. The molecule has 0 fully saturated rings. The number of rotatable bonds is 4. The van der Waals surface area contributed by atoms with Gasteiger partial charge >= 0.3 is 5.97 Å². The molecular weight excluding hydrogens is 275 g/mol. The third-order valence-electron chi connectivity index (χ3n) is 2.96. The lowest BCUT2D eigenvalue weighted by atomic mass is 10.1. The van der Waals surface area contributed by atoms with Gasteiger partial charge in [-0.3, -0.25) is 4.79 Å². The number of carbonyl (C=O) groups is 2. The molecule has 2 aromatic rings. The molecule has 0 radical (unpaired) electrons. The van der Waals surface area contributed by atoms with Crippen molar-refractivity contribution in [3.05, 3.63) is 65.2 Å². The summed E-state index contributed by atoms with van der Waals surface area (Å²) >= 11 is 0. The Kier molecular flexibility index (Phi) is 4.27. The zero-order chi connectivity index (χ0) is 15.4. The molecule has 0 aliphatic carbocycles. The fraction of sp³-hybridized carbons (Fsp3) is 0.133. The summed E-state index contributed by atoms with van der Waals surface area (Å²) in [4.78, 5) is 26.4. The van der Waals surface area contributed by atoms with Gasteiger partial charge in [-0.25, -0.2) is 14.2 Å². The van der Waals surface area contributed by atoms with Crippen molar-refractivity contribution >= 4 is 11.9 Å². The number of amides is 1. The summed E-state index contributed by atoms with van der Waals surface area (Å²) in [7, 11) is 0. The van der Waals surface area contributed by atoms with Gasteiger partial charge in [0.2, 0.25) is 0 Å². The smallest absolute Gasteiger partial charge is 0.354 e. The fourth-order valence-corrected chi connectivity index (χ4v) is 1.77. The molecule has 1 amide bonds. The number of pyridine rings is 1. The Bertz CT molecular complexity index is 654. The summed E-state index contributed by atoms with van der Waals surface area (Å²) < 4.78 is 12.8. The van der Waals surface area contributed by atoms with Gasteiger partial charge in [-0.15, -0.1) is 0 Å². The molecule has 0 aliphatic rings. The number of carboxylic acids is 1. The van der Waals surface area contributed by atoms with E-state index in [4.69, 9.17) is 5.11 Å². The van der Waals surface area contributed by atoms with Gasteiger partial charge in [-0.1, -0.05) is 12.1 Å². The van der Waals surface area contributed by atoms with E-state index in [1.54, 1.807) is 19.1 Å². The average molecular weight is 288 g/mol. The Morgan fingerprint density at radius 3 is 2.38 bits per heavy atom. The highest BCUT2D eigenvalue weighted by Crippen LogP contribution is 2.13. The predicted molar refractivity (Wildman–Crippen MR) is 73.5 cm³/mol. The number of carbonyl (C=O) groups excluding carboxylic acids is 1. The van der Waals surface area contributed by atoms with Gasteiger partial charge in [0.15, 0.2) is 0 Å². The monoisotopic (exact) mass is 288 g/mol. The van der Waals surface area contributed by atoms with Crippen molar-refractivity contribution in [3.8, 4) is 0 Å². The standard InChI is InChI=1S/C15H13FN2O3/c1-9(10-2-5-12(16)6-3-10)18-14(19)11-4-7-13(15(20)21)17-8-11/h2-9H,1H3,(H,18,19)(H,20,21). The normalized spacial score (nSPS) is 11.7. The minimum absolute atomic E-state index is 0.127. The van der Waals surface area contributed by atoms with Crippen LogP contribution in [0, 0.1) is 5.82 Å². The van der Waals surface area contributed by atoms with E-state index in [2.05, 4.69) is 10.3 Å². The second-order valence-electron chi connectivity index (χ2n) is 4.48. The summed E-state index contributed by atoms with van der Waals surface area (Å²) in [6, 6.07) is 8.17. The molecule has 0 bridgehead atoms. The average Bonchev–Trinajstić information content (AvgIpc) is 2.47. The molecule has 1 atom stereocenters. The van der Waals surface area contributed by atoms with Gasteiger partial charge in [0.1, 0.15) is 11.5 Å². The van der Waals surface area contributed by atoms with Crippen LogP contribution in [0.5, 0.6) is 0 Å². The first-order valence-corrected chi connectivity index (χ1v) is 6.23. The maximum absolute atomic E-state index is 12.8. The van der Waals surface area contributed by atoms with Crippen molar-refractivity contribution in [1.82, 2.24) is 10.3 Å². The number of aromatic nitrogens is 1. The Morgan fingerprint density at radius 2 is 1.86 bits per heavy atom. The van der Waals surface area contributed by atoms with Gasteiger partial charge in [0.25, 0.3) is 5.91 Å². The maximum atomic E-state index is 12.8. The van der Waals surface area contributed by atoms with Gasteiger partial charge < -0.3 is 10.4 Å². The zero-order valence-electron chi connectivity index (χ0n) is 11.2. The molecule has 1 heterocycles. The second-order valence-corrected chi connectivity index (χ2v) is 4.48.